The first-order valence-electron chi connectivity index (χ1n) is 6.11. The summed E-state index contributed by atoms with van der Waals surface area (Å²) in [5, 5.41) is 7.87. The summed E-state index contributed by atoms with van der Waals surface area (Å²) in [4.78, 5) is 0. The number of aromatic nitrogens is 3. The zero-order valence-corrected chi connectivity index (χ0v) is 11.0. The van der Waals surface area contributed by atoms with Crippen LogP contribution < -0.4 is 10.5 Å². The number of methoxy groups -OCH3 is 1. The minimum atomic E-state index is 0.403. The van der Waals surface area contributed by atoms with Crippen molar-refractivity contribution in [3.8, 4) is 5.75 Å². The maximum atomic E-state index is 5.66. The summed E-state index contributed by atoms with van der Waals surface area (Å²) >= 11 is 0. The first kappa shape index (κ1) is 13.5. The predicted molar refractivity (Wildman–Crippen MR) is 70.6 cm³/mol. The molecule has 0 aliphatic heterocycles. The maximum absolute atomic E-state index is 5.66. The van der Waals surface area contributed by atoms with Crippen LogP contribution in [0.15, 0.2) is 30.5 Å². The molecule has 0 aliphatic rings. The van der Waals surface area contributed by atoms with Crippen molar-refractivity contribution in [3.05, 3.63) is 41.7 Å². The molecule has 1 aromatic heterocycles. The van der Waals surface area contributed by atoms with Gasteiger partial charge in [0.15, 0.2) is 0 Å². The van der Waals surface area contributed by atoms with E-state index in [1.807, 2.05) is 30.5 Å². The largest absolute Gasteiger partial charge is 0.492 e. The maximum Gasteiger partial charge on any atom is 0.119 e. The highest BCUT2D eigenvalue weighted by molar-refractivity contribution is 5.28. The summed E-state index contributed by atoms with van der Waals surface area (Å²) in [5.74, 6) is 0.828. The Labute approximate surface area is 112 Å². The van der Waals surface area contributed by atoms with E-state index in [1.165, 1.54) is 0 Å². The summed E-state index contributed by atoms with van der Waals surface area (Å²) in [6.45, 7) is 2.16. The van der Waals surface area contributed by atoms with Crippen LogP contribution in [0.3, 0.4) is 0 Å². The van der Waals surface area contributed by atoms with Crippen molar-refractivity contribution >= 4 is 0 Å². The lowest BCUT2D eigenvalue weighted by atomic mass is 10.2. The highest BCUT2D eigenvalue weighted by Gasteiger charge is 2.00. The average Bonchev–Trinajstić information content (AvgIpc) is 2.88. The summed E-state index contributed by atoms with van der Waals surface area (Å²) in [6, 6.07) is 7.84. The molecule has 0 atom stereocenters. The second-order valence-corrected chi connectivity index (χ2v) is 4.11. The van der Waals surface area contributed by atoms with Crippen molar-refractivity contribution in [2.24, 2.45) is 5.73 Å². The first-order chi connectivity index (χ1) is 9.31. The summed E-state index contributed by atoms with van der Waals surface area (Å²) in [7, 11) is 1.67. The van der Waals surface area contributed by atoms with Crippen LogP contribution in [0, 0.1) is 0 Å². The van der Waals surface area contributed by atoms with Gasteiger partial charge in [-0.15, -0.1) is 5.10 Å². The number of nitrogens with two attached hydrogens (primary N) is 1. The Morgan fingerprint density at radius 1 is 1.37 bits per heavy atom. The first-order valence-corrected chi connectivity index (χ1v) is 6.11. The van der Waals surface area contributed by atoms with E-state index in [2.05, 4.69) is 10.3 Å². The molecule has 0 saturated heterocycles. The summed E-state index contributed by atoms with van der Waals surface area (Å²) in [5.41, 5.74) is 7.34. The smallest absolute Gasteiger partial charge is 0.119 e. The van der Waals surface area contributed by atoms with Gasteiger partial charge in [0.2, 0.25) is 0 Å². The molecule has 2 aromatic rings. The Morgan fingerprint density at radius 3 is 3.00 bits per heavy atom. The van der Waals surface area contributed by atoms with Crippen LogP contribution in [0.4, 0.5) is 0 Å². The van der Waals surface area contributed by atoms with Gasteiger partial charge in [-0.1, -0.05) is 17.3 Å². The lowest BCUT2D eigenvalue weighted by Crippen LogP contribution is -2.09. The van der Waals surface area contributed by atoms with Crippen molar-refractivity contribution in [2.45, 2.75) is 19.7 Å². The van der Waals surface area contributed by atoms with E-state index in [0.717, 1.165) is 17.0 Å². The molecule has 0 spiro atoms. The number of nitrogens with zero attached hydrogens (tertiary/aromatic N) is 3. The minimum absolute atomic E-state index is 0.403. The molecule has 0 amide bonds. The fourth-order valence-corrected chi connectivity index (χ4v) is 1.69. The topological polar surface area (TPSA) is 75.2 Å². The van der Waals surface area contributed by atoms with Gasteiger partial charge in [-0.25, -0.2) is 4.68 Å². The fraction of sp³-hybridized carbons (Fsp3) is 0.385. The van der Waals surface area contributed by atoms with Gasteiger partial charge in [-0.2, -0.15) is 0 Å². The van der Waals surface area contributed by atoms with Crippen LogP contribution in [-0.2, 0) is 24.4 Å². The third-order valence-electron chi connectivity index (χ3n) is 2.59. The quantitative estimate of drug-likeness (QED) is 0.804. The van der Waals surface area contributed by atoms with Gasteiger partial charge in [-0.05, 0) is 17.7 Å². The molecule has 0 unspecified atom stereocenters. The highest BCUT2D eigenvalue weighted by Crippen LogP contribution is 2.13. The van der Waals surface area contributed by atoms with Gasteiger partial charge in [0.05, 0.1) is 18.8 Å². The van der Waals surface area contributed by atoms with Gasteiger partial charge in [0, 0.05) is 19.9 Å². The Kier molecular flexibility index (Phi) is 4.88. The molecule has 102 valence electrons. The molecule has 6 nitrogen and oxygen atoms in total. The monoisotopic (exact) mass is 262 g/mol. The molecule has 0 radical (unpaired) electrons. The van der Waals surface area contributed by atoms with E-state index in [1.54, 1.807) is 11.8 Å². The Hall–Kier alpha value is -1.92. The van der Waals surface area contributed by atoms with E-state index in [4.69, 9.17) is 15.2 Å². The summed E-state index contributed by atoms with van der Waals surface area (Å²) < 4.78 is 12.5. The average molecular weight is 262 g/mol. The second-order valence-electron chi connectivity index (χ2n) is 4.11. The lowest BCUT2D eigenvalue weighted by Gasteiger charge is -2.07. The van der Waals surface area contributed by atoms with Crippen molar-refractivity contribution < 1.29 is 9.47 Å². The third-order valence-corrected chi connectivity index (χ3v) is 2.59. The lowest BCUT2D eigenvalue weighted by molar-refractivity contribution is 0.184. The van der Waals surface area contributed by atoms with Crippen LogP contribution >= 0.6 is 0 Å². The Balaban J connectivity index is 1.83. The van der Waals surface area contributed by atoms with Crippen molar-refractivity contribution in [3.63, 3.8) is 0 Å². The molecular formula is C13H18N4O2. The molecule has 0 fully saturated rings. The molecule has 1 heterocycles. The number of rotatable bonds is 7. The Morgan fingerprint density at radius 2 is 2.26 bits per heavy atom. The van der Waals surface area contributed by atoms with E-state index in [9.17, 15) is 0 Å². The molecule has 1 aromatic carbocycles. The molecule has 0 saturated carbocycles. The van der Waals surface area contributed by atoms with Crippen LogP contribution in [0.2, 0.25) is 0 Å². The molecular weight excluding hydrogens is 244 g/mol. The highest BCUT2D eigenvalue weighted by atomic mass is 16.5. The number of hydrogen-bond acceptors (Lipinski definition) is 5. The predicted octanol–water partition coefficient (Wildman–Crippen LogP) is 0.962. The molecule has 19 heavy (non-hydrogen) atoms. The number of benzene rings is 1. The second kappa shape index (κ2) is 6.86. The zero-order chi connectivity index (χ0) is 13.5. The molecule has 2 rings (SSSR count). The minimum Gasteiger partial charge on any atom is -0.492 e. The molecule has 0 aliphatic carbocycles. The van der Waals surface area contributed by atoms with Crippen LogP contribution in [0.1, 0.15) is 11.3 Å². The van der Waals surface area contributed by atoms with Gasteiger partial charge in [0.1, 0.15) is 12.4 Å². The Bertz CT molecular complexity index is 513. The van der Waals surface area contributed by atoms with Gasteiger partial charge >= 0.3 is 0 Å². The van der Waals surface area contributed by atoms with Gasteiger partial charge < -0.3 is 15.2 Å². The van der Waals surface area contributed by atoms with Crippen molar-refractivity contribution in [2.75, 3.05) is 13.7 Å². The fourth-order valence-electron chi connectivity index (χ4n) is 1.69. The third kappa shape index (κ3) is 4.04. The van der Waals surface area contributed by atoms with Crippen LogP contribution in [0.25, 0.3) is 0 Å². The number of hydrogen-bond donors (Lipinski definition) is 1. The molecule has 2 N–H and O–H groups in total. The van der Waals surface area contributed by atoms with Crippen LogP contribution in [0.5, 0.6) is 5.75 Å². The standard InChI is InChI=1S/C13H18N4O2/c1-18-10-11-3-2-4-13(7-11)19-6-5-17-9-12(8-14)15-16-17/h2-4,7,9H,5-6,8,10,14H2,1H3. The molecule has 6 heteroatoms. The van der Waals surface area contributed by atoms with E-state index >= 15 is 0 Å². The van der Waals surface area contributed by atoms with Gasteiger partial charge in [0.25, 0.3) is 0 Å². The van der Waals surface area contributed by atoms with Crippen LogP contribution in [-0.4, -0.2) is 28.7 Å². The zero-order valence-electron chi connectivity index (χ0n) is 11.0. The summed E-state index contributed by atoms with van der Waals surface area (Å²) in [6.07, 6.45) is 1.82. The molecule has 0 bridgehead atoms. The number of ether oxygens (including phenoxy) is 2. The van der Waals surface area contributed by atoms with E-state index in [0.29, 0.717) is 26.3 Å². The van der Waals surface area contributed by atoms with Gasteiger partial charge in [-0.3, -0.25) is 0 Å². The van der Waals surface area contributed by atoms with Crippen molar-refractivity contribution in [1.29, 1.82) is 0 Å². The normalized spacial score (nSPS) is 10.6. The van der Waals surface area contributed by atoms with E-state index in [-0.39, 0.29) is 0 Å². The van der Waals surface area contributed by atoms with Crippen molar-refractivity contribution in [1.82, 2.24) is 15.0 Å². The SMILES string of the molecule is COCc1cccc(OCCn2cc(CN)nn2)c1. The van der Waals surface area contributed by atoms with E-state index < -0.39 is 0 Å².